The molecule has 0 heterocycles. The van der Waals surface area contributed by atoms with Crippen LogP contribution in [0.1, 0.15) is 87.2 Å². The lowest BCUT2D eigenvalue weighted by atomic mass is 9.78. The van der Waals surface area contributed by atoms with Gasteiger partial charge in [0.2, 0.25) is 0 Å². The van der Waals surface area contributed by atoms with Gasteiger partial charge in [-0.15, -0.1) is 13.2 Å². The molecule has 1 N–H and O–H groups in total. The van der Waals surface area contributed by atoms with E-state index in [0.29, 0.717) is 17.5 Å². The predicted octanol–water partition coefficient (Wildman–Crippen LogP) is 6.28. The van der Waals surface area contributed by atoms with E-state index in [0.717, 1.165) is 12.0 Å². The van der Waals surface area contributed by atoms with Gasteiger partial charge in [0.1, 0.15) is 11.4 Å². The molecule has 0 saturated heterocycles. The van der Waals surface area contributed by atoms with Crippen LogP contribution < -0.4 is 10.1 Å². The minimum Gasteiger partial charge on any atom is -0.466 e. The number of benzene rings is 2. The molecule has 2 aromatic carbocycles. The first-order chi connectivity index (χ1) is 18.2. The van der Waals surface area contributed by atoms with Crippen LogP contribution >= 0.6 is 0 Å². The zero-order valence-corrected chi connectivity index (χ0v) is 22.9. The number of carbonyl (C=O) groups excluding carboxylic acids is 3. The molecule has 0 aliphatic rings. The number of nitrogens with one attached hydrogen (secondary N) is 1. The number of hydrogen-bond acceptors (Lipinski definition) is 6. The fraction of sp³-hybridized carbons (Fsp3) is 0.483. The highest BCUT2D eigenvalue weighted by atomic mass is 19.4. The molecule has 0 aliphatic heterocycles. The van der Waals surface area contributed by atoms with Gasteiger partial charge in [-0.1, -0.05) is 37.6 Å². The quantitative estimate of drug-likeness (QED) is 0.313. The summed E-state index contributed by atoms with van der Waals surface area (Å²) in [5, 5.41) is 2.67. The first-order valence-electron chi connectivity index (χ1n) is 12.9. The summed E-state index contributed by atoms with van der Waals surface area (Å²) in [6.07, 6.45) is -3.48. The van der Waals surface area contributed by atoms with Gasteiger partial charge in [-0.3, -0.25) is 14.4 Å². The molecule has 10 heteroatoms. The van der Waals surface area contributed by atoms with Crippen LogP contribution in [-0.4, -0.2) is 43.0 Å². The van der Waals surface area contributed by atoms with Gasteiger partial charge in [-0.05, 0) is 69.5 Å². The average Bonchev–Trinajstić information content (AvgIpc) is 2.83. The van der Waals surface area contributed by atoms with E-state index in [1.165, 1.54) is 24.3 Å². The van der Waals surface area contributed by atoms with Crippen molar-refractivity contribution in [1.82, 2.24) is 5.32 Å². The summed E-state index contributed by atoms with van der Waals surface area (Å²) < 4.78 is 52.5. The topological polar surface area (TPSA) is 90.9 Å². The molecule has 0 saturated carbocycles. The second-order valence-electron chi connectivity index (χ2n) is 9.96. The van der Waals surface area contributed by atoms with Crippen molar-refractivity contribution in [3.63, 3.8) is 0 Å². The van der Waals surface area contributed by atoms with E-state index < -0.39 is 29.8 Å². The Morgan fingerprint density at radius 1 is 0.897 bits per heavy atom. The lowest BCUT2D eigenvalue weighted by molar-refractivity contribution is -0.274. The zero-order chi connectivity index (χ0) is 29.2. The van der Waals surface area contributed by atoms with E-state index in [2.05, 4.69) is 10.1 Å². The molecular weight excluding hydrogens is 515 g/mol. The summed E-state index contributed by atoms with van der Waals surface area (Å²) in [6.45, 7) is 9.29. The van der Waals surface area contributed by atoms with Gasteiger partial charge in [-0.25, -0.2) is 0 Å². The molecule has 39 heavy (non-hydrogen) atoms. The van der Waals surface area contributed by atoms with Crippen LogP contribution in [0.5, 0.6) is 5.75 Å². The Bertz CT molecular complexity index is 1090. The number of esters is 2. The number of halogens is 3. The summed E-state index contributed by atoms with van der Waals surface area (Å²) in [5.74, 6) is -2.84. The van der Waals surface area contributed by atoms with Crippen molar-refractivity contribution < 1.29 is 41.8 Å². The summed E-state index contributed by atoms with van der Waals surface area (Å²) in [5.41, 5.74) is 0.849. The van der Waals surface area contributed by atoms with Gasteiger partial charge in [0.25, 0.3) is 5.91 Å². The summed E-state index contributed by atoms with van der Waals surface area (Å²) in [4.78, 5) is 37.4. The Morgan fingerprint density at radius 3 is 2.00 bits per heavy atom. The van der Waals surface area contributed by atoms with Crippen molar-refractivity contribution in [3.05, 3.63) is 65.2 Å². The Labute approximate surface area is 227 Å². The first-order valence-corrected chi connectivity index (χ1v) is 12.9. The summed E-state index contributed by atoms with van der Waals surface area (Å²) >= 11 is 0. The molecule has 0 bridgehead atoms. The fourth-order valence-electron chi connectivity index (χ4n) is 4.11. The highest BCUT2D eigenvalue weighted by molar-refractivity contribution is 5.94. The molecule has 0 radical (unpaired) electrons. The molecule has 1 amide bonds. The third kappa shape index (κ3) is 10.6. The van der Waals surface area contributed by atoms with E-state index in [4.69, 9.17) is 9.47 Å². The van der Waals surface area contributed by atoms with Crippen molar-refractivity contribution in [2.75, 3.05) is 13.2 Å². The third-order valence-corrected chi connectivity index (χ3v) is 5.66. The summed E-state index contributed by atoms with van der Waals surface area (Å²) in [6, 6.07) is 12.0. The Hall–Kier alpha value is -3.56. The second kappa shape index (κ2) is 14.0. The van der Waals surface area contributed by atoms with Crippen LogP contribution in [-0.2, 0) is 19.1 Å². The zero-order valence-electron chi connectivity index (χ0n) is 22.9. The van der Waals surface area contributed by atoms with Crippen molar-refractivity contribution in [3.8, 4) is 5.75 Å². The number of ether oxygens (including phenoxy) is 3. The van der Waals surface area contributed by atoms with Crippen molar-refractivity contribution in [2.45, 2.75) is 77.7 Å². The Balaban J connectivity index is 2.33. The summed E-state index contributed by atoms with van der Waals surface area (Å²) in [7, 11) is 0. The molecule has 0 unspecified atom stereocenters. The predicted molar refractivity (Wildman–Crippen MR) is 139 cm³/mol. The molecule has 2 atom stereocenters. The third-order valence-electron chi connectivity index (χ3n) is 5.66. The SMILES string of the molecule is CCC[C@@H](c1ccc(C(=O)NCCC(=O)OCC)cc1)[C@H](C(=O)OC(C)(C)C)c1ccc(OC(F)(F)F)cc1. The highest BCUT2D eigenvalue weighted by Gasteiger charge is 2.35. The monoisotopic (exact) mass is 551 g/mol. The smallest absolute Gasteiger partial charge is 0.466 e. The van der Waals surface area contributed by atoms with E-state index in [1.807, 2.05) is 6.92 Å². The normalized spacial score (nSPS) is 13.2. The number of hydrogen-bond donors (Lipinski definition) is 1. The van der Waals surface area contributed by atoms with E-state index in [-0.39, 0.29) is 37.1 Å². The maximum atomic E-state index is 13.4. The number of rotatable bonds is 12. The van der Waals surface area contributed by atoms with Gasteiger partial charge < -0.3 is 19.5 Å². The molecule has 0 fully saturated rings. The highest BCUT2D eigenvalue weighted by Crippen LogP contribution is 2.39. The van der Waals surface area contributed by atoms with Gasteiger partial charge in [0.05, 0.1) is 18.9 Å². The second-order valence-corrected chi connectivity index (χ2v) is 9.96. The van der Waals surface area contributed by atoms with Crippen LogP contribution in [0.15, 0.2) is 48.5 Å². The lowest BCUT2D eigenvalue weighted by Crippen LogP contribution is -2.31. The van der Waals surface area contributed by atoms with Crippen LogP contribution in [0.2, 0.25) is 0 Å². The lowest BCUT2D eigenvalue weighted by Gasteiger charge is -2.30. The van der Waals surface area contributed by atoms with Gasteiger partial charge in [-0.2, -0.15) is 0 Å². The molecule has 0 aliphatic carbocycles. The van der Waals surface area contributed by atoms with Crippen LogP contribution in [0.25, 0.3) is 0 Å². The molecule has 214 valence electrons. The number of amides is 1. The molecule has 2 rings (SSSR count). The standard InChI is InChI=1S/C29H36F3NO6/c1-6-8-23(19-9-11-21(12-10-19)26(35)33-18-17-24(34)37-7-2)25(27(36)39-28(3,4)5)20-13-15-22(16-14-20)38-29(30,31)32/h9-16,23,25H,6-8,17-18H2,1-5H3,(H,33,35)/t23-,25+/m0/s1. The molecule has 0 spiro atoms. The average molecular weight is 552 g/mol. The van der Waals surface area contributed by atoms with Gasteiger partial charge >= 0.3 is 18.3 Å². The van der Waals surface area contributed by atoms with Crippen molar-refractivity contribution in [2.24, 2.45) is 0 Å². The van der Waals surface area contributed by atoms with Crippen LogP contribution in [0.4, 0.5) is 13.2 Å². The maximum absolute atomic E-state index is 13.4. The minimum atomic E-state index is -4.83. The minimum absolute atomic E-state index is 0.0562. The van der Waals surface area contributed by atoms with Gasteiger partial charge in [0.15, 0.2) is 0 Å². The maximum Gasteiger partial charge on any atom is 0.573 e. The van der Waals surface area contributed by atoms with Crippen LogP contribution in [0, 0.1) is 0 Å². The van der Waals surface area contributed by atoms with Crippen molar-refractivity contribution >= 4 is 17.8 Å². The largest absolute Gasteiger partial charge is 0.573 e. The van der Waals surface area contributed by atoms with Crippen LogP contribution in [0.3, 0.4) is 0 Å². The fourth-order valence-corrected chi connectivity index (χ4v) is 4.11. The van der Waals surface area contributed by atoms with E-state index in [1.54, 1.807) is 52.0 Å². The Kier molecular flexibility index (Phi) is 11.4. The first kappa shape index (κ1) is 31.7. The van der Waals surface area contributed by atoms with E-state index in [9.17, 15) is 27.6 Å². The van der Waals surface area contributed by atoms with E-state index >= 15 is 0 Å². The van der Waals surface area contributed by atoms with Gasteiger partial charge in [0, 0.05) is 18.0 Å². The number of carbonyl (C=O) groups is 3. The molecule has 0 aromatic heterocycles. The molecular formula is C29H36F3NO6. The Morgan fingerprint density at radius 2 is 1.49 bits per heavy atom. The number of alkyl halides is 3. The molecule has 7 nitrogen and oxygen atoms in total. The van der Waals surface area contributed by atoms with Crippen molar-refractivity contribution in [1.29, 1.82) is 0 Å². The molecule has 2 aromatic rings.